The molecule has 0 aliphatic rings. The van der Waals surface area contributed by atoms with Gasteiger partial charge in [-0.3, -0.25) is 10.1 Å². The number of aromatic nitrogens is 3. The number of benzene rings is 3. The highest BCUT2D eigenvalue weighted by atomic mass is 79.9. The average Bonchev–Trinajstić information content (AvgIpc) is 3.51. The van der Waals surface area contributed by atoms with Crippen molar-refractivity contribution in [3.8, 4) is 22.9 Å². The molecule has 0 unspecified atom stereocenters. The number of carbonyl (C=O) groups excluding carboxylic acids is 1. The van der Waals surface area contributed by atoms with Crippen LogP contribution in [0.4, 0.5) is 19.4 Å². The zero-order valence-corrected chi connectivity index (χ0v) is 30.2. The monoisotopic (exact) mass is 749 g/mol. The number of aryl methyl sites for hydroxylation is 1. The molecule has 5 aromatic rings. The SMILES string of the molecule is COc1ccc(Cn2c(C)cc(OCc3ccccc3CNC(=O)Nc3cc(C(C)(C)C)nn3-c3ccc(F)cc3F)c(Br)c2=O)c(OC)c1. The largest absolute Gasteiger partial charge is 0.497 e. The Labute approximate surface area is 297 Å². The molecule has 50 heavy (non-hydrogen) atoms. The Kier molecular flexibility index (Phi) is 11.0. The van der Waals surface area contributed by atoms with Crippen LogP contribution in [0.3, 0.4) is 0 Å². The highest BCUT2D eigenvalue weighted by Crippen LogP contribution is 2.29. The Morgan fingerprint density at radius 2 is 1.66 bits per heavy atom. The molecule has 10 nitrogen and oxygen atoms in total. The lowest BCUT2D eigenvalue weighted by molar-refractivity contribution is 0.251. The van der Waals surface area contributed by atoms with Crippen LogP contribution in [0.5, 0.6) is 17.2 Å². The van der Waals surface area contributed by atoms with Crippen molar-refractivity contribution < 1.29 is 27.8 Å². The van der Waals surface area contributed by atoms with Gasteiger partial charge < -0.3 is 24.1 Å². The molecule has 262 valence electrons. The van der Waals surface area contributed by atoms with Gasteiger partial charge in [-0.25, -0.2) is 18.3 Å². The van der Waals surface area contributed by atoms with Crippen LogP contribution >= 0.6 is 15.9 Å². The van der Waals surface area contributed by atoms with E-state index in [1.807, 2.05) is 64.1 Å². The van der Waals surface area contributed by atoms with E-state index in [1.54, 1.807) is 37.0 Å². The predicted molar refractivity (Wildman–Crippen MR) is 191 cm³/mol. The van der Waals surface area contributed by atoms with Crippen LogP contribution in [0.15, 0.2) is 82.1 Å². The van der Waals surface area contributed by atoms with E-state index >= 15 is 0 Å². The summed E-state index contributed by atoms with van der Waals surface area (Å²) in [5.41, 5.74) is 3.00. The minimum Gasteiger partial charge on any atom is -0.497 e. The Balaban J connectivity index is 1.28. The van der Waals surface area contributed by atoms with Gasteiger partial charge in [-0.1, -0.05) is 45.0 Å². The number of amides is 2. The highest BCUT2D eigenvalue weighted by Gasteiger charge is 2.23. The topological polar surface area (TPSA) is 109 Å². The summed E-state index contributed by atoms with van der Waals surface area (Å²) >= 11 is 3.43. The molecule has 0 saturated heterocycles. The quantitative estimate of drug-likeness (QED) is 0.144. The van der Waals surface area contributed by atoms with Gasteiger partial charge in [0.1, 0.15) is 45.7 Å². The summed E-state index contributed by atoms with van der Waals surface area (Å²) in [5.74, 6) is 0.311. The highest BCUT2D eigenvalue weighted by molar-refractivity contribution is 9.10. The first-order valence-electron chi connectivity index (χ1n) is 15.7. The fraction of sp³-hybridized carbons (Fsp3) is 0.270. The van der Waals surface area contributed by atoms with Gasteiger partial charge in [0, 0.05) is 47.5 Å². The number of pyridine rings is 1. The van der Waals surface area contributed by atoms with E-state index in [0.29, 0.717) is 28.6 Å². The van der Waals surface area contributed by atoms with Crippen LogP contribution in [0, 0.1) is 18.6 Å². The molecule has 0 atom stereocenters. The van der Waals surface area contributed by atoms with E-state index in [0.717, 1.165) is 28.8 Å². The minimum atomic E-state index is -0.817. The summed E-state index contributed by atoms with van der Waals surface area (Å²) in [5, 5.41) is 10.1. The molecule has 3 aromatic carbocycles. The van der Waals surface area contributed by atoms with Gasteiger partial charge in [-0.05, 0) is 58.2 Å². The smallest absolute Gasteiger partial charge is 0.320 e. The van der Waals surface area contributed by atoms with Crippen LogP contribution in [0.25, 0.3) is 5.69 Å². The third-order valence-electron chi connectivity index (χ3n) is 8.04. The number of halogens is 3. The number of methoxy groups -OCH3 is 2. The Morgan fingerprint density at radius 1 is 0.920 bits per heavy atom. The first-order chi connectivity index (χ1) is 23.8. The maximum absolute atomic E-state index is 14.7. The number of carbonyl (C=O) groups is 1. The van der Waals surface area contributed by atoms with Gasteiger partial charge in [0.05, 0.1) is 26.5 Å². The lowest BCUT2D eigenvalue weighted by atomic mass is 9.92. The summed E-state index contributed by atoms with van der Waals surface area (Å²) in [6.07, 6.45) is 0. The summed E-state index contributed by atoms with van der Waals surface area (Å²) in [4.78, 5) is 26.5. The zero-order valence-electron chi connectivity index (χ0n) is 28.6. The Hall–Kier alpha value is -5.17. The number of nitrogens with one attached hydrogen (secondary N) is 2. The van der Waals surface area contributed by atoms with Crippen molar-refractivity contribution in [1.29, 1.82) is 0 Å². The fourth-order valence-electron chi connectivity index (χ4n) is 5.21. The normalized spacial score (nSPS) is 11.3. The third-order valence-corrected chi connectivity index (χ3v) is 8.77. The number of rotatable bonds is 11. The first kappa shape index (κ1) is 36.1. The predicted octanol–water partition coefficient (Wildman–Crippen LogP) is 7.65. The van der Waals surface area contributed by atoms with Crippen molar-refractivity contribution >= 4 is 27.8 Å². The summed E-state index contributed by atoms with van der Waals surface area (Å²) in [7, 11) is 3.14. The molecule has 0 saturated carbocycles. The van der Waals surface area contributed by atoms with Gasteiger partial charge in [-0.2, -0.15) is 5.10 Å². The van der Waals surface area contributed by atoms with Crippen LogP contribution in [-0.4, -0.2) is 34.6 Å². The van der Waals surface area contributed by atoms with E-state index in [2.05, 4.69) is 31.7 Å². The number of hydrogen-bond acceptors (Lipinski definition) is 6. The summed E-state index contributed by atoms with van der Waals surface area (Å²) in [6, 6.07) is 18.9. The molecular weight excluding hydrogens is 712 g/mol. The van der Waals surface area contributed by atoms with Gasteiger partial charge in [-0.15, -0.1) is 0 Å². The molecule has 5 rings (SSSR count). The maximum Gasteiger partial charge on any atom is 0.320 e. The van der Waals surface area contributed by atoms with Crippen molar-refractivity contribution in [1.82, 2.24) is 19.7 Å². The van der Waals surface area contributed by atoms with Crippen molar-refractivity contribution in [3.63, 3.8) is 0 Å². The molecule has 0 spiro atoms. The van der Waals surface area contributed by atoms with Crippen LogP contribution in [0.2, 0.25) is 0 Å². The molecule has 0 aliphatic carbocycles. The van der Waals surface area contributed by atoms with Crippen molar-refractivity contribution in [2.24, 2.45) is 0 Å². The van der Waals surface area contributed by atoms with Gasteiger partial charge >= 0.3 is 6.03 Å². The number of hydrogen-bond donors (Lipinski definition) is 2. The Bertz CT molecular complexity index is 2090. The number of ether oxygens (including phenoxy) is 3. The lowest BCUT2D eigenvalue weighted by Gasteiger charge is -2.17. The number of anilines is 1. The van der Waals surface area contributed by atoms with Gasteiger partial charge in [0.25, 0.3) is 5.56 Å². The lowest BCUT2D eigenvalue weighted by Crippen LogP contribution is -2.29. The average molecular weight is 751 g/mol. The standard InChI is InChI=1S/C37H38BrF2N5O5/c1-22-15-31(34(38)35(46)44(22)20-24-11-13-27(48-5)17-30(24)49-6)50-21-25-10-8-7-9-23(25)19-41-36(47)42-33-18-32(37(2,3)4)43-45(33)29-14-12-26(39)16-28(29)40/h7-18H,19-21H2,1-6H3,(H2,41,42,47). The first-order valence-corrected chi connectivity index (χ1v) is 16.5. The van der Waals surface area contributed by atoms with Gasteiger partial charge in [0.2, 0.25) is 0 Å². The van der Waals surface area contributed by atoms with E-state index in [9.17, 15) is 18.4 Å². The summed E-state index contributed by atoms with van der Waals surface area (Å²) in [6.45, 7) is 8.19. The molecule has 0 aliphatic heterocycles. The molecule has 0 fully saturated rings. The van der Waals surface area contributed by atoms with E-state index in [-0.39, 0.29) is 41.2 Å². The Morgan fingerprint density at radius 3 is 2.34 bits per heavy atom. The molecule has 0 radical (unpaired) electrons. The van der Waals surface area contributed by atoms with Gasteiger partial charge in [0.15, 0.2) is 5.82 Å². The fourth-order valence-corrected chi connectivity index (χ4v) is 5.65. The van der Waals surface area contributed by atoms with E-state index < -0.39 is 23.1 Å². The van der Waals surface area contributed by atoms with Crippen molar-refractivity contribution in [2.75, 3.05) is 19.5 Å². The molecular formula is C37H38BrF2N5O5. The zero-order chi connectivity index (χ0) is 36.2. The molecule has 13 heteroatoms. The third kappa shape index (κ3) is 8.16. The second-order valence-corrected chi connectivity index (χ2v) is 13.4. The molecule has 0 bridgehead atoms. The van der Waals surface area contributed by atoms with Crippen LogP contribution < -0.4 is 30.4 Å². The molecule has 2 aromatic heterocycles. The molecule has 2 heterocycles. The van der Waals surface area contributed by atoms with E-state index in [1.165, 1.54) is 10.7 Å². The van der Waals surface area contributed by atoms with Crippen molar-refractivity contribution in [2.45, 2.75) is 52.8 Å². The second kappa shape index (κ2) is 15.2. The number of urea groups is 1. The molecule has 2 N–H and O–H groups in total. The number of nitrogens with zero attached hydrogens (tertiary/aromatic N) is 3. The minimum absolute atomic E-state index is 0.00535. The molecule has 2 amide bonds. The second-order valence-electron chi connectivity index (χ2n) is 12.6. The van der Waals surface area contributed by atoms with Crippen LogP contribution in [-0.2, 0) is 25.1 Å². The van der Waals surface area contributed by atoms with E-state index in [4.69, 9.17) is 14.2 Å². The van der Waals surface area contributed by atoms with Crippen LogP contribution in [0.1, 0.15) is 48.8 Å². The van der Waals surface area contributed by atoms with Crippen molar-refractivity contribution in [3.05, 3.63) is 127 Å². The maximum atomic E-state index is 14.7. The summed E-state index contributed by atoms with van der Waals surface area (Å²) < 4.78 is 48.4.